The van der Waals surface area contributed by atoms with E-state index in [1.54, 1.807) is 26.7 Å². The number of carbonyl (C=O) groups is 2. The lowest BCUT2D eigenvalue weighted by molar-refractivity contribution is 0.0255. The van der Waals surface area contributed by atoms with Crippen LogP contribution in [0.25, 0.3) is 11.3 Å². The van der Waals surface area contributed by atoms with Gasteiger partial charge in [-0.05, 0) is 63.8 Å². The van der Waals surface area contributed by atoms with Crippen molar-refractivity contribution in [3.63, 3.8) is 0 Å². The quantitative estimate of drug-likeness (QED) is 0.506. The summed E-state index contributed by atoms with van der Waals surface area (Å²) >= 11 is 6.19. The van der Waals surface area contributed by atoms with Crippen LogP contribution < -0.4 is 11.5 Å². The van der Waals surface area contributed by atoms with Crippen molar-refractivity contribution in [1.29, 1.82) is 0 Å². The smallest absolute Gasteiger partial charge is 0.410 e. The zero-order valence-corrected chi connectivity index (χ0v) is 21.8. The van der Waals surface area contributed by atoms with E-state index in [0.717, 1.165) is 6.42 Å². The highest BCUT2D eigenvalue weighted by atomic mass is 35.5. The predicted molar refractivity (Wildman–Crippen MR) is 138 cm³/mol. The van der Waals surface area contributed by atoms with E-state index >= 15 is 0 Å². The summed E-state index contributed by atoms with van der Waals surface area (Å²) in [6.45, 7) is 6.74. The van der Waals surface area contributed by atoms with Crippen molar-refractivity contribution in [2.75, 3.05) is 18.8 Å². The van der Waals surface area contributed by atoms with Crippen LogP contribution in [0.1, 0.15) is 62.0 Å². The Bertz CT molecular complexity index is 1310. The van der Waals surface area contributed by atoms with E-state index in [1.807, 2.05) is 20.8 Å². The minimum atomic E-state index is -0.705. The minimum Gasteiger partial charge on any atom is -0.444 e. The number of hydrogen-bond donors (Lipinski definition) is 2. The molecule has 4 N–H and O–H groups in total. The number of halogens is 2. The number of anilines is 1. The molecule has 2 amide bonds. The largest absolute Gasteiger partial charge is 0.444 e. The van der Waals surface area contributed by atoms with Crippen LogP contribution in [0.15, 0.2) is 30.6 Å². The van der Waals surface area contributed by atoms with Crippen LogP contribution in [-0.2, 0) is 11.3 Å². The van der Waals surface area contributed by atoms with Gasteiger partial charge in [0.25, 0.3) is 5.91 Å². The van der Waals surface area contributed by atoms with E-state index in [4.69, 9.17) is 27.8 Å². The molecule has 37 heavy (non-hydrogen) atoms. The lowest BCUT2D eigenvalue weighted by Crippen LogP contribution is -2.37. The fourth-order valence-electron chi connectivity index (χ4n) is 4.41. The number of likely N-dealkylation sites (tertiary alicyclic amines) is 1. The van der Waals surface area contributed by atoms with Crippen LogP contribution in [0.3, 0.4) is 0 Å². The van der Waals surface area contributed by atoms with E-state index in [0.29, 0.717) is 47.8 Å². The molecule has 0 unspecified atom stereocenters. The third-order valence-electron chi connectivity index (χ3n) is 6.14. The first-order valence-electron chi connectivity index (χ1n) is 12.1. The lowest BCUT2D eigenvalue weighted by Gasteiger charge is -2.26. The molecule has 1 fully saturated rings. The maximum Gasteiger partial charge on any atom is 0.410 e. The van der Waals surface area contributed by atoms with Crippen LogP contribution >= 0.6 is 11.6 Å². The van der Waals surface area contributed by atoms with Crippen molar-refractivity contribution in [1.82, 2.24) is 24.5 Å². The highest BCUT2D eigenvalue weighted by molar-refractivity contribution is 6.31. The van der Waals surface area contributed by atoms with Crippen molar-refractivity contribution >= 4 is 29.4 Å². The number of ether oxygens (including phenoxy) is 1. The Balaban J connectivity index is 1.57. The van der Waals surface area contributed by atoms with Crippen LogP contribution in [0.5, 0.6) is 0 Å². The molecule has 1 aromatic carbocycles. The van der Waals surface area contributed by atoms with Gasteiger partial charge in [-0.25, -0.2) is 13.9 Å². The zero-order valence-electron chi connectivity index (χ0n) is 21.1. The first kappa shape index (κ1) is 26.5. The van der Waals surface area contributed by atoms with Crippen molar-refractivity contribution in [2.45, 2.75) is 58.2 Å². The Labute approximate surface area is 219 Å². The Hall–Kier alpha value is -3.60. The molecule has 0 radical (unpaired) electrons. The van der Waals surface area contributed by atoms with Crippen molar-refractivity contribution in [2.24, 2.45) is 5.73 Å². The average molecular weight is 532 g/mol. The Morgan fingerprint density at radius 3 is 2.70 bits per heavy atom. The van der Waals surface area contributed by atoms with Gasteiger partial charge in [-0.1, -0.05) is 11.6 Å². The molecule has 3 aromatic rings. The first-order valence-corrected chi connectivity index (χ1v) is 12.4. The fraction of sp³-hybridized carbons (Fsp3) is 0.440. The number of nitrogens with zero attached hydrogens (tertiary/aromatic N) is 5. The van der Waals surface area contributed by atoms with Gasteiger partial charge < -0.3 is 21.1 Å². The van der Waals surface area contributed by atoms with E-state index in [2.05, 4.69) is 10.2 Å². The first-order chi connectivity index (χ1) is 17.4. The summed E-state index contributed by atoms with van der Waals surface area (Å²) in [5.41, 5.74) is 13.0. The van der Waals surface area contributed by atoms with Crippen LogP contribution in [-0.4, -0.2) is 55.2 Å². The zero-order chi connectivity index (χ0) is 26.9. The predicted octanol–water partition coefficient (Wildman–Crippen LogP) is 4.23. The van der Waals surface area contributed by atoms with Gasteiger partial charge in [0.15, 0.2) is 0 Å². The summed E-state index contributed by atoms with van der Waals surface area (Å²) in [5, 5.41) is 9.40. The van der Waals surface area contributed by atoms with Gasteiger partial charge in [0.2, 0.25) is 0 Å². The molecule has 1 atom stereocenters. The molecule has 0 aliphatic carbocycles. The van der Waals surface area contributed by atoms with Gasteiger partial charge in [0.05, 0.1) is 18.8 Å². The second kappa shape index (κ2) is 10.4. The SMILES string of the molecule is CC(C)(C)OC(=O)N1CCC[C@H](n2nc(-c3cnn(Cc4cc(F)ccc4Cl)c3)c(C(N)=O)c2N)CC1. The summed E-state index contributed by atoms with van der Waals surface area (Å²) in [6.07, 6.45) is 4.88. The number of amides is 2. The minimum absolute atomic E-state index is 0.108. The van der Waals surface area contributed by atoms with Gasteiger partial charge in [-0.2, -0.15) is 10.2 Å². The average Bonchev–Trinajstić information content (AvgIpc) is 3.31. The topological polar surface area (TPSA) is 134 Å². The summed E-state index contributed by atoms with van der Waals surface area (Å²) in [4.78, 5) is 26.6. The van der Waals surface area contributed by atoms with Crippen molar-refractivity contribution in [3.8, 4) is 11.3 Å². The molecule has 12 heteroatoms. The monoisotopic (exact) mass is 531 g/mol. The molecule has 3 heterocycles. The lowest BCUT2D eigenvalue weighted by atomic mass is 10.1. The van der Waals surface area contributed by atoms with Crippen LogP contribution in [0, 0.1) is 5.82 Å². The summed E-state index contributed by atoms with van der Waals surface area (Å²) in [6, 6.07) is 3.98. The molecule has 4 rings (SSSR count). The van der Waals surface area contributed by atoms with E-state index in [9.17, 15) is 14.0 Å². The number of benzene rings is 1. The molecule has 2 aromatic heterocycles. The number of aromatic nitrogens is 4. The highest BCUT2D eigenvalue weighted by Gasteiger charge is 2.30. The number of rotatable bonds is 5. The second-order valence-corrected chi connectivity index (χ2v) is 10.5. The molecule has 0 spiro atoms. The maximum absolute atomic E-state index is 13.7. The van der Waals surface area contributed by atoms with Gasteiger partial charge >= 0.3 is 6.09 Å². The molecule has 1 saturated heterocycles. The van der Waals surface area contributed by atoms with E-state index in [-0.39, 0.29) is 30.1 Å². The number of nitrogens with two attached hydrogens (primary N) is 2. The Morgan fingerprint density at radius 2 is 2.00 bits per heavy atom. The van der Waals surface area contributed by atoms with E-state index < -0.39 is 17.3 Å². The summed E-state index contributed by atoms with van der Waals surface area (Å²) in [7, 11) is 0. The molecule has 198 valence electrons. The number of primary amides is 1. The number of hydrogen-bond acceptors (Lipinski definition) is 6. The molecule has 10 nitrogen and oxygen atoms in total. The molecular formula is C25H31ClFN7O3. The standard InChI is InChI=1S/C25H31ClFN7O3/c1-25(2,3)37-24(36)32-9-4-5-18(8-10-32)34-22(28)20(23(29)35)21(31-34)16-12-30-33(14-16)13-15-11-17(27)6-7-19(15)26/h6-7,11-12,14,18H,4-5,8-10,13,28H2,1-3H3,(H2,29,35)/t18-/m0/s1. The van der Waals surface area contributed by atoms with Crippen LogP contribution in [0.4, 0.5) is 15.0 Å². The normalized spacial score (nSPS) is 16.5. The molecular weight excluding hydrogens is 501 g/mol. The summed E-state index contributed by atoms with van der Waals surface area (Å²) in [5.74, 6) is -0.939. The molecule has 1 aliphatic heterocycles. The third kappa shape index (κ3) is 6.04. The van der Waals surface area contributed by atoms with Crippen molar-refractivity contribution < 1.29 is 18.7 Å². The van der Waals surface area contributed by atoms with Gasteiger partial charge in [0.1, 0.15) is 28.5 Å². The molecule has 0 saturated carbocycles. The van der Waals surface area contributed by atoms with Gasteiger partial charge in [-0.3, -0.25) is 9.48 Å². The molecule has 1 aliphatic rings. The maximum atomic E-state index is 13.7. The third-order valence-corrected chi connectivity index (χ3v) is 6.50. The highest BCUT2D eigenvalue weighted by Crippen LogP contribution is 2.33. The fourth-order valence-corrected chi connectivity index (χ4v) is 4.59. The van der Waals surface area contributed by atoms with Crippen molar-refractivity contribution in [3.05, 3.63) is 52.6 Å². The Morgan fingerprint density at radius 1 is 1.24 bits per heavy atom. The number of carbonyl (C=O) groups excluding carboxylic acids is 2. The van der Waals surface area contributed by atoms with E-state index in [1.165, 1.54) is 18.2 Å². The van der Waals surface area contributed by atoms with Crippen LogP contribution in [0.2, 0.25) is 5.02 Å². The molecule has 0 bridgehead atoms. The van der Waals surface area contributed by atoms with Gasteiger partial charge in [0, 0.05) is 29.9 Å². The number of nitrogen functional groups attached to an aromatic ring is 1. The van der Waals surface area contributed by atoms with Gasteiger partial charge in [-0.15, -0.1) is 0 Å². The second-order valence-electron chi connectivity index (χ2n) is 10.1. The Kier molecular flexibility index (Phi) is 7.44. The summed E-state index contributed by atoms with van der Waals surface area (Å²) < 4.78 is 22.4.